The molecule has 2 aromatic carbocycles. The van der Waals surface area contributed by atoms with Crippen molar-refractivity contribution < 1.29 is 4.39 Å². The van der Waals surface area contributed by atoms with Crippen LogP contribution in [0, 0.1) is 5.82 Å². The molecule has 0 aliphatic heterocycles. The van der Waals surface area contributed by atoms with Gasteiger partial charge in [-0.15, -0.1) is 0 Å². The van der Waals surface area contributed by atoms with Crippen molar-refractivity contribution in [3.05, 3.63) is 58.9 Å². The van der Waals surface area contributed by atoms with Gasteiger partial charge in [0.25, 0.3) is 0 Å². The lowest BCUT2D eigenvalue weighted by molar-refractivity contribution is 0.568. The highest BCUT2D eigenvalue weighted by molar-refractivity contribution is 6.33. The summed E-state index contributed by atoms with van der Waals surface area (Å²) in [5, 5.41) is 3.97. The average molecular weight is 292 g/mol. The molecule has 1 N–H and O–H groups in total. The fourth-order valence-corrected chi connectivity index (χ4v) is 2.41. The van der Waals surface area contributed by atoms with E-state index in [-0.39, 0.29) is 11.9 Å². The van der Waals surface area contributed by atoms with Gasteiger partial charge in [-0.25, -0.2) is 4.39 Å². The second kappa shape index (κ2) is 6.87. The van der Waals surface area contributed by atoms with Gasteiger partial charge in [0.2, 0.25) is 0 Å². The molecule has 0 aliphatic carbocycles. The Morgan fingerprint density at radius 3 is 2.60 bits per heavy atom. The van der Waals surface area contributed by atoms with Crippen molar-refractivity contribution in [2.45, 2.75) is 26.3 Å². The Labute approximate surface area is 124 Å². The van der Waals surface area contributed by atoms with Crippen LogP contribution in [0.2, 0.25) is 5.02 Å². The zero-order valence-corrected chi connectivity index (χ0v) is 12.5. The van der Waals surface area contributed by atoms with Crippen molar-refractivity contribution >= 4 is 11.6 Å². The van der Waals surface area contributed by atoms with Crippen LogP contribution in [-0.4, -0.2) is 6.54 Å². The van der Waals surface area contributed by atoms with E-state index < -0.39 is 0 Å². The Hall–Kier alpha value is -1.38. The first kappa shape index (κ1) is 15.0. The number of rotatable bonds is 5. The number of nitrogens with one attached hydrogen (secondary N) is 1. The first-order valence-electron chi connectivity index (χ1n) is 6.91. The minimum atomic E-state index is -0.246. The Kier molecular flexibility index (Phi) is 5.16. The number of halogens is 2. The third-order valence-electron chi connectivity index (χ3n) is 3.35. The molecule has 2 aromatic rings. The lowest BCUT2D eigenvalue weighted by Crippen LogP contribution is -2.19. The normalized spacial score (nSPS) is 12.4. The van der Waals surface area contributed by atoms with Crippen LogP contribution in [-0.2, 0) is 0 Å². The van der Waals surface area contributed by atoms with Crippen molar-refractivity contribution in [3.63, 3.8) is 0 Å². The molecule has 0 radical (unpaired) electrons. The van der Waals surface area contributed by atoms with Gasteiger partial charge < -0.3 is 5.32 Å². The summed E-state index contributed by atoms with van der Waals surface area (Å²) in [4.78, 5) is 0. The Balaban J connectivity index is 2.37. The molecular weight excluding hydrogens is 273 g/mol. The maximum absolute atomic E-state index is 14.1. The predicted octanol–water partition coefficient (Wildman–Crippen LogP) is 5.21. The minimum Gasteiger partial charge on any atom is -0.310 e. The van der Waals surface area contributed by atoms with Crippen molar-refractivity contribution in [1.82, 2.24) is 5.32 Å². The third-order valence-corrected chi connectivity index (χ3v) is 3.68. The predicted molar refractivity (Wildman–Crippen MR) is 83.6 cm³/mol. The molecule has 0 spiro atoms. The van der Waals surface area contributed by atoms with Crippen LogP contribution >= 0.6 is 11.6 Å². The Morgan fingerprint density at radius 2 is 1.90 bits per heavy atom. The van der Waals surface area contributed by atoms with E-state index in [1.807, 2.05) is 30.3 Å². The van der Waals surface area contributed by atoms with Crippen LogP contribution in [0.5, 0.6) is 0 Å². The molecule has 0 saturated carbocycles. The molecule has 0 saturated heterocycles. The summed E-state index contributed by atoms with van der Waals surface area (Å²) in [7, 11) is 0. The van der Waals surface area contributed by atoms with Gasteiger partial charge in [0, 0.05) is 22.2 Å². The summed E-state index contributed by atoms with van der Waals surface area (Å²) in [6.45, 7) is 5.15. The first-order chi connectivity index (χ1) is 9.63. The topological polar surface area (TPSA) is 12.0 Å². The maximum Gasteiger partial charge on any atom is 0.131 e. The van der Waals surface area contributed by atoms with Crippen LogP contribution in [0.1, 0.15) is 31.9 Å². The van der Waals surface area contributed by atoms with Crippen LogP contribution in [0.25, 0.3) is 11.1 Å². The van der Waals surface area contributed by atoms with Gasteiger partial charge in [-0.2, -0.15) is 0 Å². The summed E-state index contributed by atoms with van der Waals surface area (Å²) < 4.78 is 14.1. The van der Waals surface area contributed by atoms with Crippen molar-refractivity contribution in [2.24, 2.45) is 0 Å². The fraction of sp³-hybridized carbons (Fsp3) is 0.294. The van der Waals surface area contributed by atoms with Gasteiger partial charge >= 0.3 is 0 Å². The molecule has 0 fully saturated rings. The molecule has 106 valence electrons. The molecular formula is C17H19ClFN. The summed E-state index contributed by atoms with van der Waals surface area (Å²) >= 11 is 6.16. The molecule has 3 heteroatoms. The third kappa shape index (κ3) is 3.38. The summed E-state index contributed by atoms with van der Waals surface area (Å²) in [5.74, 6) is -0.246. The van der Waals surface area contributed by atoms with Gasteiger partial charge in [0.15, 0.2) is 0 Å². The van der Waals surface area contributed by atoms with Crippen molar-refractivity contribution in [1.29, 1.82) is 0 Å². The van der Waals surface area contributed by atoms with Crippen LogP contribution in [0.4, 0.5) is 4.39 Å². The van der Waals surface area contributed by atoms with E-state index in [0.717, 1.165) is 24.1 Å². The average Bonchev–Trinajstić information content (AvgIpc) is 2.46. The van der Waals surface area contributed by atoms with E-state index >= 15 is 0 Å². The Bertz CT molecular complexity index is 583. The zero-order valence-electron chi connectivity index (χ0n) is 11.8. The number of hydrogen-bond donors (Lipinski definition) is 1. The second-order valence-corrected chi connectivity index (χ2v) is 5.30. The van der Waals surface area contributed by atoms with Gasteiger partial charge in [-0.05, 0) is 43.7 Å². The van der Waals surface area contributed by atoms with E-state index in [1.54, 1.807) is 6.07 Å². The molecule has 0 aromatic heterocycles. The van der Waals surface area contributed by atoms with Gasteiger partial charge in [0.1, 0.15) is 5.82 Å². The standard InChI is InChI=1S/C17H19ClFN/c1-3-10-20-12(2)13-8-9-17(19)15(11-13)14-6-4-5-7-16(14)18/h4-9,11-12,20H,3,10H2,1-2H3. The molecule has 1 unspecified atom stereocenters. The van der Waals surface area contributed by atoms with E-state index in [0.29, 0.717) is 10.6 Å². The molecule has 1 atom stereocenters. The monoisotopic (exact) mass is 291 g/mol. The highest BCUT2D eigenvalue weighted by atomic mass is 35.5. The molecule has 0 amide bonds. The number of hydrogen-bond acceptors (Lipinski definition) is 1. The minimum absolute atomic E-state index is 0.191. The lowest BCUT2D eigenvalue weighted by atomic mass is 9.99. The summed E-state index contributed by atoms with van der Waals surface area (Å²) in [6.07, 6.45) is 1.07. The van der Waals surface area contributed by atoms with Crippen LogP contribution < -0.4 is 5.32 Å². The zero-order chi connectivity index (χ0) is 14.5. The SMILES string of the molecule is CCCNC(C)c1ccc(F)c(-c2ccccc2Cl)c1. The highest BCUT2D eigenvalue weighted by Gasteiger charge is 2.12. The van der Waals surface area contributed by atoms with E-state index in [9.17, 15) is 4.39 Å². The molecule has 2 rings (SSSR count). The lowest BCUT2D eigenvalue weighted by Gasteiger charge is -2.15. The quantitative estimate of drug-likeness (QED) is 0.797. The smallest absolute Gasteiger partial charge is 0.131 e. The van der Waals surface area contributed by atoms with Crippen molar-refractivity contribution in [3.8, 4) is 11.1 Å². The van der Waals surface area contributed by atoms with Gasteiger partial charge in [-0.1, -0.05) is 42.8 Å². The second-order valence-electron chi connectivity index (χ2n) is 4.89. The van der Waals surface area contributed by atoms with Crippen molar-refractivity contribution in [2.75, 3.05) is 6.54 Å². The highest BCUT2D eigenvalue weighted by Crippen LogP contribution is 2.31. The molecule has 1 nitrogen and oxygen atoms in total. The molecule has 0 bridgehead atoms. The van der Waals surface area contributed by atoms with E-state index in [1.165, 1.54) is 6.07 Å². The van der Waals surface area contributed by atoms with Crippen LogP contribution in [0.3, 0.4) is 0 Å². The molecule has 0 aliphatic rings. The number of benzene rings is 2. The largest absolute Gasteiger partial charge is 0.310 e. The van der Waals surface area contributed by atoms with E-state index in [4.69, 9.17) is 11.6 Å². The Morgan fingerprint density at radius 1 is 1.15 bits per heavy atom. The van der Waals surface area contributed by atoms with Gasteiger partial charge in [-0.3, -0.25) is 0 Å². The fourth-order valence-electron chi connectivity index (χ4n) is 2.18. The maximum atomic E-state index is 14.1. The first-order valence-corrected chi connectivity index (χ1v) is 7.29. The molecule has 0 heterocycles. The summed E-state index contributed by atoms with van der Waals surface area (Å²) in [6, 6.07) is 12.7. The van der Waals surface area contributed by atoms with E-state index in [2.05, 4.69) is 19.2 Å². The summed E-state index contributed by atoms with van der Waals surface area (Å²) in [5.41, 5.74) is 2.35. The van der Waals surface area contributed by atoms with Gasteiger partial charge in [0.05, 0.1) is 0 Å². The van der Waals surface area contributed by atoms with Crippen LogP contribution in [0.15, 0.2) is 42.5 Å². The molecule has 20 heavy (non-hydrogen) atoms.